The lowest BCUT2D eigenvalue weighted by atomic mass is 10.1. The largest absolute Gasteiger partial charge is 0.497 e. The molecular weight excluding hydrogens is 395 g/mol. The van der Waals surface area contributed by atoms with E-state index in [4.69, 9.17) is 4.74 Å². The summed E-state index contributed by atoms with van der Waals surface area (Å²) in [7, 11) is -2.38. The van der Waals surface area contributed by atoms with Crippen LogP contribution in [0.2, 0.25) is 0 Å². The molecule has 29 heavy (non-hydrogen) atoms. The monoisotopic (exact) mass is 414 g/mol. The normalized spacial score (nSPS) is 11.0. The highest BCUT2D eigenvalue weighted by atomic mass is 32.2. The minimum absolute atomic E-state index is 0.0402. The summed E-state index contributed by atoms with van der Waals surface area (Å²) in [6, 6.07) is 16.3. The molecule has 0 spiro atoms. The summed E-state index contributed by atoms with van der Waals surface area (Å²) >= 11 is 0. The van der Waals surface area contributed by atoms with E-state index < -0.39 is 21.7 Å². The number of anilines is 2. The third-order valence-corrected chi connectivity index (χ3v) is 5.62. The van der Waals surface area contributed by atoms with Gasteiger partial charge in [0.25, 0.3) is 15.9 Å². The van der Waals surface area contributed by atoms with Gasteiger partial charge in [-0.3, -0.25) is 9.52 Å². The third-order valence-electron chi connectivity index (χ3n) is 4.24. The van der Waals surface area contributed by atoms with Crippen molar-refractivity contribution in [3.05, 3.63) is 83.7 Å². The summed E-state index contributed by atoms with van der Waals surface area (Å²) in [5.74, 6) is -0.583. The maximum Gasteiger partial charge on any atom is 0.261 e. The molecule has 6 nitrogen and oxygen atoms in total. The number of halogens is 1. The molecule has 0 aliphatic heterocycles. The van der Waals surface area contributed by atoms with Crippen LogP contribution in [0, 0.1) is 12.7 Å². The molecule has 3 rings (SSSR count). The summed E-state index contributed by atoms with van der Waals surface area (Å²) in [5, 5.41) is 2.48. The maximum absolute atomic E-state index is 13.8. The Labute approximate surface area is 168 Å². The van der Waals surface area contributed by atoms with Crippen LogP contribution in [0.25, 0.3) is 0 Å². The fraction of sp³-hybridized carbons (Fsp3) is 0.0952. The van der Waals surface area contributed by atoms with Crippen molar-refractivity contribution in [3.63, 3.8) is 0 Å². The second kappa shape index (κ2) is 8.32. The lowest BCUT2D eigenvalue weighted by molar-refractivity contribution is 0.102. The number of benzene rings is 3. The molecule has 0 aromatic heterocycles. The van der Waals surface area contributed by atoms with E-state index in [1.807, 2.05) is 0 Å². The van der Waals surface area contributed by atoms with Crippen LogP contribution in [0.3, 0.4) is 0 Å². The molecule has 0 bridgehead atoms. The van der Waals surface area contributed by atoms with Gasteiger partial charge in [0.05, 0.1) is 23.4 Å². The highest BCUT2D eigenvalue weighted by molar-refractivity contribution is 7.92. The van der Waals surface area contributed by atoms with Gasteiger partial charge in [-0.15, -0.1) is 0 Å². The molecule has 2 N–H and O–H groups in total. The van der Waals surface area contributed by atoms with Crippen LogP contribution in [-0.4, -0.2) is 21.4 Å². The second-order valence-electron chi connectivity index (χ2n) is 6.24. The molecule has 0 fully saturated rings. The Morgan fingerprint density at radius 2 is 1.66 bits per heavy atom. The van der Waals surface area contributed by atoms with Crippen molar-refractivity contribution in [2.75, 3.05) is 17.1 Å². The highest BCUT2D eigenvalue weighted by Gasteiger charge is 2.17. The summed E-state index contributed by atoms with van der Waals surface area (Å²) in [5.41, 5.74) is 1.11. The van der Waals surface area contributed by atoms with Gasteiger partial charge in [-0.2, -0.15) is 0 Å². The molecule has 0 saturated carbocycles. The van der Waals surface area contributed by atoms with Gasteiger partial charge in [-0.25, -0.2) is 12.8 Å². The van der Waals surface area contributed by atoms with Crippen molar-refractivity contribution in [2.45, 2.75) is 11.8 Å². The van der Waals surface area contributed by atoms with E-state index in [9.17, 15) is 17.6 Å². The first-order valence-electron chi connectivity index (χ1n) is 8.63. The minimum atomic E-state index is -3.87. The molecule has 0 aliphatic carbocycles. The van der Waals surface area contributed by atoms with Crippen LogP contribution in [0.1, 0.15) is 15.9 Å². The maximum atomic E-state index is 13.8. The molecule has 0 radical (unpaired) electrons. The number of hydrogen-bond acceptors (Lipinski definition) is 4. The molecular formula is C21H19FN2O4S. The Morgan fingerprint density at radius 3 is 2.31 bits per heavy atom. The van der Waals surface area contributed by atoms with Crippen LogP contribution in [-0.2, 0) is 10.0 Å². The third kappa shape index (κ3) is 4.72. The fourth-order valence-electron chi connectivity index (χ4n) is 2.59. The van der Waals surface area contributed by atoms with Gasteiger partial charge in [0.1, 0.15) is 11.6 Å². The van der Waals surface area contributed by atoms with Crippen LogP contribution < -0.4 is 14.8 Å². The predicted octanol–water partition coefficient (Wildman–Crippen LogP) is 4.20. The Kier molecular flexibility index (Phi) is 5.84. The van der Waals surface area contributed by atoms with Gasteiger partial charge in [-0.05, 0) is 61.0 Å². The van der Waals surface area contributed by atoms with Gasteiger partial charge in [0.2, 0.25) is 0 Å². The summed E-state index contributed by atoms with van der Waals surface area (Å²) in [6.45, 7) is 1.71. The van der Waals surface area contributed by atoms with Crippen molar-refractivity contribution >= 4 is 27.3 Å². The zero-order chi connectivity index (χ0) is 21.0. The molecule has 3 aromatic carbocycles. The smallest absolute Gasteiger partial charge is 0.261 e. The van der Waals surface area contributed by atoms with Crippen LogP contribution >= 0.6 is 0 Å². The van der Waals surface area contributed by atoms with Gasteiger partial charge >= 0.3 is 0 Å². The van der Waals surface area contributed by atoms with Crippen LogP contribution in [0.15, 0.2) is 71.6 Å². The summed E-state index contributed by atoms with van der Waals surface area (Å²) in [4.78, 5) is 12.5. The molecule has 1 amide bonds. The molecule has 8 heteroatoms. The van der Waals surface area contributed by atoms with Crippen molar-refractivity contribution in [1.29, 1.82) is 0 Å². The van der Waals surface area contributed by atoms with Crippen LogP contribution in [0.5, 0.6) is 5.75 Å². The van der Waals surface area contributed by atoms with E-state index in [1.54, 1.807) is 31.2 Å². The predicted molar refractivity (Wildman–Crippen MR) is 109 cm³/mol. The highest BCUT2D eigenvalue weighted by Crippen LogP contribution is 2.23. The molecule has 0 unspecified atom stereocenters. The molecule has 150 valence electrons. The molecule has 0 aliphatic rings. The zero-order valence-corrected chi connectivity index (χ0v) is 16.6. The van der Waals surface area contributed by atoms with Crippen LogP contribution in [0.4, 0.5) is 15.8 Å². The van der Waals surface area contributed by atoms with Gasteiger partial charge in [0, 0.05) is 5.56 Å². The van der Waals surface area contributed by atoms with Gasteiger partial charge in [-0.1, -0.05) is 18.2 Å². The fourth-order valence-corrected chi connectivity index (χ4v) is 3.71. The van der Waals surface area contributed by atoms with Crippen molar-refractivity contribution in [3.8, 4) is 5.75 Å². The lowest BCUT2D eigenvalue weighted by Crippen LogP contribution is -2.16. The Balaban J connectivity index is 1.84. The number of rotatable bonds is 6. The van der Waals surface area contributed by atoms with Gasteiger partial charge < -0.3 is 10.1 Å². The first-order chi connectivity index (χ1) is 13.8. The second-order valence-corrected chi connectivity index (χ2v) is 7.93. The molecule has 0 saturated heterocycles. The quantitative estimate of drug-likeness (QED) is 0.633. The number of hydrogen-bond donors (Lipinski definition) is 2. The topological polar surface area (TPSA) is 84.5 Å². The average molecular weight is 414 g/mol. The Hall–Kier alpha value is -3.39. The van der Waals surface area contributed by atoms with E-state index in [-0.39, 0.29) is 21.8 Å². The summed E-state index contributed by atoms with van der Waals surface area (Å²) in [6.07, 6.45) is 0. The first kappa shape index (κ1) is 20.3. The number of carbonyl (C=O) groups is 1. The number of aryl methyl sites for hydroxylation is 1. The summed E-state index contributed by atoms with van der Waals surface area (Å²) < 4.78 is 46.6. The standard InChI is InChI=1S/C21H19FN2O4S/c1-14-7-8-15(21(25)23-19-6-4-3-5-18(19)22)13-20(14)24-29(26,27)17-11-9-16(28-2)10-12-17/h3-13,24H,1-2H3,(H,23,25). The number of ether oxygens (including phenoxy) is 1. The number of carbonyl (C=O) groups excluding carboxylic acids is 1. The van der Waals surface area contributed by atoms with Gasteiger partial charge in [0.15, 0.2) is 0 Å². The van der Waals surface area contributed by atoms with E-state index >= 15 is 0 Å². The van der Waals surface area contributed by atoms with Crippen molar-refractivity contribution in [2.24, 2.45) is 0 Å². The SMILES string of the molecule is COc1ccc(S(=O)(=O)Nc2cc(C(=O)Nc3ccccc3F)ccc2C)cc1. The number of para-hydroxylation sites is 1. The molecule has 0 atom stereocenters. The molecule has 0 heterocycles. The van der Waals surface area contributed by atoms with Crippen molar-refractivity contribution < 1.29 is 22.3 Å². The van der Waals surface area contributed by atoms with E-state index in [1.165, 1.54) is 49.6 Å². The zero-order valence-electron chi connectivity index (χ0n) is 15.8. The van der Waals surface area contributed by atoms with E-state index in [0.717, 1.165) is 0 Å². The minimum Gasteiger partial charge on any atom is -0.497 e. The van der Waals surface area contributed by atoms with E-state index in [0.29, 0.717) is 11.3 Å². The first-order valence-corrected chi connectivity index (χ1v) is 10.1. The Morgan fingerprint density at radius 1 is 0.966 bits per heavy atom. The Bertz CT molecular complexity index is 1150. The van der Waals surface area contributed by atoms with Crippen molar-refractivity contribution in [1.82, 2.24) is 0 Å². The van der Waals surface area contributed by atoms with E-state index in [2.05, 4.69) is 10.0 Å². The lowest BCUT2D eigenvalue weighted by Gasteiger charge is -2.13. The molecule has 3 aromatic rings. The number of nitrogens with one attached hydrogen (secondary N) is 2. The number of sulfonamides is 1. The average Bonchev–Trinajstić information content (AvgIpc) is 2.71. The number of methoxy groups -OCH3 is 1. The number of amides is 1.